The molecule has 0 aliphatic heterocycles. The van der Waals surface area contributed by atoms with Gasteiger partial charge in [0.2, 0.25) is 0 Å². The van der Waals surface area contributed by atoms with E-state index in [4.69, 9.17) is 21.1 Å². The summed E-state index contributed by atoms with van der Waals surface area (Å²) in [6, 6.07) is 11.2. The topological polar surface area (TPSA) is 47.6 Å². The molecule has 0 aliphatic carbocycles. The lowest BCUT2D eigenvalue weighted by Gasteiger charge is -2.13. The van der Waals surface area contributed by atoms with Gasteiger partial charge in [-0.15, -0.1) is 0 Å². The van der Waals surface area contributed by atoms with Crippen LogP contribution >= 0.6 is 11.6 Å². The molecule has 0 saturated heterocycles. The van der Waals surface area contributed by atoms with Crippen molar-refractivity contribution in [1.82, 2.24) is 0 Å². The summed E-state index contributed by atoms with van der Waals surface area (Å²) in [4.78, 5) is 11.6. The molecule has 4 nitrogen and oxygen atoms in total. The van der Waals surface area contributed by atoms with Crippen LogP contribution < -0.4 is 10.1 Å². The monoisotopic (exact) mass is 359 g/mol. The molecule has 0 unspecified atom stereocenters. The molecule has 8 heteroatoms. The van der Waals surface area contributed by atoms with E-state index < -0.39 is 17.8 Å². The van der Waals surface area contributed by atoms with Crippen LogP contribution in [0.15, 0.2) is 48.5 Å². The average molecular weight is 360 g/mol. The summed E-state index contributed by atoms with van der Waals surface area (Å²) in [7, 11) is 0. The second kappa shape index (κ2) is 7.92. The molecule has 0 aliphatic rings. The fourth-order valence-corrected chi connectivity index (χ4v) is 1.94. The van der Waals surface area contributed by atoms with Gasteiger partial charge in [0.15, 0.2) is 0 Å². The van der Waals surface area contributed by atoms with Gasteiger partial charge in [-0.25, -0.2) is 4.79 Å². The lowest BCUT2D eigenvalue weighted by atomic mass is 10.2. The van der Waals surface area contributed by atoms with Gasteiger partial charge >= 0.3 is 12.3 Å². The van der Waals surface area contributed by atoms with Crippen molar-refractivity contribution in [3.63, 3.8) is 0 Å². The number of ether oxygens (including phenoxy) is 2. The van der Waals surface area contributed by atoms with Crippen LogP contribution in [-0.4, -0.2) is 19.3 Å². The Morgan fingerprint density at radius 1 is 1.04 bits per heavy atom. The summed E-state index contributed by atoms with van der Waals surface area (Å²) in [5.41, 5.74) is -1.31. The number of halogens is 4. The second-order valence-electron chi connectivity index (χ2n) is 4.61. The number of nitrogens with one attached hydrogen (secondary N) is 1. The van der Waals surface area contributed by atoms with Gasteiger partial charge in [0, 0.05) is 5.02 Å². The molecule has 24 heavy (non-hydrogen) atoms. The van der Waals surface area contributed by atoms with Gasteiger partial charge in [-0.05, 0) is 36.4 Å². The molecule has 0 aromatic heterocycles. The summed E-state index contributed by atoms with van der Waals surface area (Å²) >= 11 is 5.72. The van der Waals surface area contributed by atoms with E-state index >= 15 is 0 Å². The van der Waals surface area contributed by atoms with Crippen LogP contribution in [0.1, 0.15) is 5.56 Å². The minimum absolute atomic E-state index is 0.0516. The van der Waals surface area contributed by atoms with Crippen molar-refractivity contribution in [3.8, 4) is 5.75 Å². The summed E-state index contributed by atoms with van der Waals surface area (Å²) < 4.78 is 48.5. The predicted octanol–water partition coefficient (Wildman–Crippen LogP) is 4.99. The Bertz CT molecular complexity index is 690. The van der Waals surface area contributed by atoms with Crippen molar-refractivity contribution < 1.29 is 27.4 Å². The van der Waals surface area contributed by atoms with Crippen LogP contribution in [0.3, 0.4) is 0 Å². The summed E-state index contributed by atoms with van der Waals surface area (Å²) in [5, 5.41) is 2.63. The molecule has 128 valence electrons. The molecule has 0 fully saturated rings. The summed E-state index contributed by atoms with van der Waals surface area (Å²) in [5.74, 6) is 0.533. The number of hydrogen-bond acceptors (Lipinski definition) is 3. The minimum atomic E-state index is -4.57. The number of rotatable bonds is 5. The van der Waals surface area contributed by atoms with E-state index in [9.17, 15) is 18.0 Å². The highest BCUT2D eigenvalue weighted by atomic mass is 35.5. The third-order valence-electron chi connectivity index (χ3n) is 2.87. The zero-order valence-electron chi connectivity index (χ0n) is 12.3. The Kier molecular flexibility index (Phi) is 5.92. The molecule has 0 heterocycles. The van der Waals surface area contributed by atoms with Gasteiger partial charge in [0.1, 0.15) is 19.0 Å². The van der Waals surface area contributed by atoms with Gasteiger partial charge in [0.05, 0.1) is 11.3 Å². The molecule has 2 rings (SSSR count). The van der Waals surface area contributed by atoms with Crippen molar-refractivity contribution in [2.24, 2.45) is 0 Å². The van der Waals surface area contributed by atoms with E-state index in [0.29, 0.717) is 10.8 Å². The van der Waals surface area contributed by atoms with Gasteiger partial charge in [-0.2, -0.15) is 13.2 Å². The first-order chi connectivity index (χ1) is 11.4. The molecule has 0 radical (unpaired) electrons. The van der Waals surface area contributed by atoms with E-state index in [1.54, 1.807) is 24.3 Å². The molecular formula is C16H13ClF3NO3. The Labute approximate surface area is 141 Å². The molecule has 0 bridgehead atoms. The first-order valence-electron chi connectivity index (χ1n) is 6.84. The van der Waals surface area contributed by atoms with Gasteiger partial charge in [0.25, 0.3) is 0 Å². The van der Waals surface area contributed by atoms with E-state index in [-0.39, 0.29) is 18.9 Å². The molecule has 2 aromatic rings. The van der Waals surface area contributed by atoms with Crippen molar-refractivity contribution in [2.75, 3.05) is 18.5 Å². The fourth-order valence-electron chi connectivity index (χ4n) is 1.81. The smallest absolute Gasteiger partial charge is 0.418 e. The highest BCUT2D eigenvalue weighted by Gasteiger charge is 2.33. The second-order valence-corrected chi connectivity index (χ2v) is 5.04. The van der Waals surface area contributed by atoms with E-state index in [2.05, 4.69) is 5.32 Å². The van der Waals surface area contributed by atoms with Crippen LogP contribution in [-0.2, 0) is 10.9 Å². The summed E-state index contributed by atoms with van der Waals surface area (Å²) in [6.45, 7) is -0.0708. The Morgan fingerprint density at radius 2 is 1.71 bits per heavy atom. The maximum absolute atomic E-state index is 12.8. The van der Waals surface area contributed by atoms with Crippen LogP contribution in [0.4, 0.5) is 23.7 Å². The van der Waals surface area contributed by atoms with Crippen LogP contribution in [0, 0.1) is 0 Å². The fraction of sp³-hybridized carbons (Fsp3) is 0.188. The average Bonchev–Trinajstić information content (AvgIpc) is 2.53. The van der Waals surface area contributed by atoms with Crippen molar-refractivity contribution >= 4 is 23.4 Å². The van der Waals surface area contributed by atoms with E-state index in [1.807, 2.05) is 0 Å². The Hall–Kier alpha value is -2.41. The van der Waals surface area contributed by atoms with E-state index in [1.165, 1.54) is 12.1 Å². The van der Waals surface area contributed by atoms with Crippen molar-refractivity contribution in [3.05, 3.63) is 59.1 Å². The third-order valence-corrected chi connectivity index (χ3v) is 3.12. The molecule has 0 atom stereocenters. The Morgan fingerprint density at radius 3 is 2.38 bits per heavy atom. The van der Waals surface area contributed by atoms with Gasteiger partial charge in [-0.1, -0.05) is 23.7 Å². The maximum atomic E-state index is 12.8. The number of anilines is 1. The Balaban J connectivity index is 1.81. The third kappa shape index (κ3) is 5.34. The number of para-hydroxylation sites is 1. The van der Waals surface area contributed by atoms with Crippen LogP contribution in [0.5, 0.6) is 5.75 Å². The van der Waals surface area contributed by atoms with E-state index in [0.717, 1.165) is 12.1 Å². The maximum Gasteiger partial charge on any atom is 0.418 e. The largest absolute Gasteiger partial charge is 0.490 e. The lowest BCUT2D eigenvalue weighted by molar-refractivity contribution is -0.136. The SMILES string of the molecule is O=C(Nc1ccccc1C(F)(F)F)OCCOc1ccc(Cl)cc1. The zero-order valence-corrected chi connectivity index (χ0v) is 13.0. The number of alkyl halides is 3. The van der Waals surface area contributed by atoms with Gasteiger partial charge in [-0.3, -0.25) is 5.32 Å². The molecule has 1 N–H and O–H groups in total. The van der Waals surface area contributed by atoms with Crippen LogP contribution in [0.2, 0.25) is 5.02 Å². The molecule has 0 spiro atoms. The minimum Gasteiger partial charge on any atom is -0.490 e. The van der Waals surface area contributed by atoms with Crippen LogP contribution in [0.25, 0.3) is 0 Å². The zero-order chi connectivity index (χ0) is 17.6. The number of carbonyl (C=O) groups is 1. The number of benzene rings is 2. The summed E-state index contributed by atoms with van der Waals surface area (Å²) in [6.07, 6.45) is -5.56. The van der Waals surface area contributed by atoms with Crippen molar-refractivity contribution in [2.45, 2.75) is 6.18 Å². The lowest BCUT2D eigenvalue weighted by Crippen LogP contribution is -2.20. The number of carbonyl (C=O) groups excluding carboxylic acids is 1. The molecule has 2 aromatic carbocycles. The first-order valence-corrected chi connectivity index (χ1v) is 7.22. The molecular weight excluding hydrogens is 347 g/mol. The first kappa shape index (κ1) is 17.9. The highest BCUT2D eigenvalue weighted by Crippen LogP contribution is 2.34. The number of amides is 1. The molecule has 1 amide bonds. The standard InChI is InChI=1S/C16H13ClF3NO3/c17-11-5-7-12(8-6-11)23-9-10-24-15(22)21-14-4-2-1-3-13(14)16(18,19)20/h1-8H,9-10H2,(H,21,22). The quantitative estimate of drug-likeness (QED) is 0.765. The highest BCUT2D eigenvalue weighted by molar-refractivity contribution is 6.30. The predicted molar refractivity (Wildman–Crippen MR) is 83.4 cm³/mol. The molecule has 0 saturated carbocycles. The van der Waals surface area contributed by atoms with Crippen molar-refractivity contribution in [1.29, 1.82) is 0 Å². The number of hydrogen-bond donors (Lipinski definition) is 1. The normalized spacial score (nSPS) is 11.0. The van der Waals surface area contributed by atoms with Gasteiger partial charge < -0.3 is 9.47 Å².